The molecule has 0 aromatic heterocycles. The number of hydrogen-bond donors (Lipinski definition) is 0. The van der Waals surface area contributed by atoms with E-state index in [9.17, 15) is 0 Å². The molecule has 0 heterocycles. The highest BCUT2D eigenvalue weighted by atomic mass is 28.4. The molecule has 2 fully saturated rings. The Bertz CT molecular complexity index is 293. The van der Waals surface area contributed by atoms with E-state index in [0.29, 0.717) is 0 Å². The van der Waals surface area contributed by atoms with Gasteiger partial charge in [-0.15, -0.1) is 0 Å². The van der Waals surface area contributed by atoms with Gasteiger partial charge in [0, 0.05) is 5.57 Å². The van der Waals surface area contributed by atoms with Gasteiger partial charge in [0.15, 0.2) is 0 Å². The summed E-state index contributed by atoms with van der Waals surface area (Å²) in [6.45, 7) is 9.51. The van der Waals surface area contributed by atoms with Crippen molar-refractivity contribution in [3.63, 3.8) is 0 Å². The van der Waals surface area contributed by atoms with Crippen molar-refractivity contribution in [2.75, 3.05) is 6.61 Å². The van der Waals surface area contributed by atoms with Crippen molar-refractivity contribution in [1.82, 2.24) is 0 Å². The average Bonchev–Trinajstić information content (AvgIpc) is 2.08. The molecule has 2 saturated carbocycles. The zero-order chi connectivity index (χ0) is 13.2. The summed E-state index contributed by atoms with van der Waals surface area (Å²) in [4.78, 5) is 0. The second kappa shape index (κ2) is 5.68. The molecule has 3 heteroatoms. The smallest absolute Gasteiger partial charge is 0.264 e. The first kappa shape index (κ1) is 14.0. The third-order valence-corrected chi connectivity index (χ3v) is 4.80. The van der Waals surface area contributed by atoms with Crippen molar-refractivity contribution in [2.45, 2.75) is 65.1 Å². The number of hydrogen-bond acceptors (Lipinski definition) is 2. The van der Waals surface area contributed by atoms with Crippen LogP contribution < -0.4 is 0 Å². The Labute approximate surface area is 113 Å². The van der Waals surface area contributed by atoms with Gasteiger partial charge >= 0.3 is 0 Å². The highest BCUT2D eigenvalue weighted by molar-refractivity contribution is 6.70. The van der Waals surface area contributed by atoms with Crippen LogP contribution >= 0.6 is 0 Å². The molecule has 104 valence electrons. The Morgan fingerprint density at radius 1 is 1.00 bits per heavy atom. The summed E-state index contributed by atoms with van der Waals surface area (Å²) in [6, 6.07) is 0. The van der Waals surface area contributed by atoms with Crippen LogP contribution in [-0.4, -0.2) is 14.9 Å². The fourth-order valence-electron chi connectivity index (χ4n) is 2.69. The summed E-state index contributed by atoms with van der Waals surface area (Å²) in [5.41, 5.74) is 1.54. The van der Waals surface area contributed by atoms with Gasteiger partial charge in [-0.2, -0.15) is 0 Å². The van der Waals surface area contributed by atoms with Crippen molar-refractivity contribution in [3.8, 4) is 0 Å². The lowest BCUT2D eigenvalue weighted by atomic mass is 9.69. The Hall–Kier alpha value is -0.443. The minimum absolute atomic E-state index is 0.725. The maximum Gasteiger partial charge on any atom is 0.264 e. The molecule has 0 bridgehead atoms. The highest BCUT2D eigenvalue weighted by Crippen LogP contribution is 2.46. The summed E-state index contributed by atoms with van der Waals surface area (Å²) in [7, 11) is -1.57. The first-order valence-corrected chi connectivity index (χ1v) is 11.0. The molecule has 2 nitrogen and oxygen atoms in total. The number of rotatable bonds is 6. The maximum absolute atomic E-state index is 6.25. The molecule has 0 aromatic carbocycles. The molecule has 0 spiro atoms. The third-order valence-electron chi connectivity index (χ3n) is 4.00. The largest absolute Gasteiger partial charge is 0.520 e. The summed E-state index contributed by atoms with van der Waals surface area (Å²) in [5, 5.41) is 0. The van der Waals surface area contributed by atoms with E-state index in [0.717, 1.165) is 24.4 Å². The Morgan fingerprint density at radius 2 is 1.50 bits per heavy atom. The first-order chi connectivity index (χ1) is 8.51. The molecular weight excluding hydrogens is 240 g/mol. The van der Waals surface area contributed by atoms with Crippen molar-refractivity contribution in [2.24, 2.45) is 11.8 Å². The fraction of sp³-hybridized carbons (Fsp3) is 0.867. The van der Waals surface area contributed by atoms with Crippen molar-refractivity contribution >= 4 is 8.32 Å². The Balaban J connectivity index is 2.20. The van der Waals surface area contributed by atoms with Gasteiger partial charge in [0.05, 0.1) is 6.61 Å². The quantitative estimate of drug-likeness (QED) is 0.514. The van der Waals surface area contributed by atoms with E-state index in [4.69, 9.17) is 9.16 Å². The lowest BCUT2D eigenvalue weighted by Gasteiger charge is -2.39. The fourth-order valence-corrected chi connectivity index (χ4v) is 3.42. The van der Waals surface area contributed by atoms with Crippen LogP contribution in [0.1, 0.15) is 45.4 Å². The lowest BCUT2D eigenvalue weighted by Crippen LogP contribution is -2.31. The summed E-state index contributed by atoms with van der Waals surface area (Å²) >= 11 is 0. The van der Waals surface area contributed by atoms with E-state index in [-0.39, 0.29) is 0 Å². The van der Waals surface area contributed by atoms with Gasteiger partial charge in [-0.25, -0.2) is 0 Å². The second-order valence-corrected chi connectivity index (χ2v) is 11.1. The molecular formula is C15H28O2Si. The topological polar surface area (TPSA) is 18.5 Å². The van der Waals surface area contributed by atoms with Crippen LogP contribution in [-0.2, 0) is 9.16 Å². The van der Waals surface area contributed by atoms with Crippen LogP contribution in [0.4, 0.5) is 0 Å². The van der Waals surface area contributed by atoms with E-state index in [2.05, 4.69) is 26.6 Å². The minimum atomic E-state index is -1.57. The number of ether oxygens (including phenoxy) is 1. The normalized spacial score (nSPS) is 20.9. The van der Waals surface area contributed by atoms with E-state index >= 15 is 0 Å². The van der Waals surface area contributed by atoms with Crippen LogP contribution in [0.15, 0.2) is 11.5 Å². The van der Waals surface area contributed by atoms with E-state index < -0.39 is 8.32 Å². The summed E-state index contributed by atoms with van der Waals surface area (Å²) < 4.78 is 12.1. The maximum atomic E-state index is 6.25. The zero-order valence-corrected chi connectivity index (χ0v) is 13.4. The standard InChI is InChI=1S/C15H28O2Si/c1-5-16-15(17-18(2,3)4)14(12-8-6-9-12)13-10-7-11-13/h12-13H,5-11H2,1-4H3. The number of allylic oxidation sites excluding steroid dienone is 1. The second-order valence-electron chi connectivity index (χ2n) is 6.65. The van der Waals surface area contributed by atoms with Gasteiger partial charge in [0.2, 0.25) is 8.32 Å². The Kier molecular flexibility index (Phi) is 4.41. The summed E-state index contributed by atoms with van der Waals surface area (Å²) in [6.07, 6.45) is 8.14. The van der Waals surface area contributed by atoms with Crippen molar-refractivity contribution in [1.29, 1.82) is 0 Å². The zero-order valence-electron chi connectivity index (χ0n) is 12.4. The first-order valence-electron chi connectivity index (χ1n) is 7.57. The molecule has 2 aliphatic carbocycles. The predicted octanol–water partition coefficient (Wildman–Crippen LogP) is 4.69. The highest BCUT2D eigenvalue weighted by Gasteiger charge is 2.36. The molecule has 0 aromatic rings. The molecule has 0 N–H and O–H groups in total. The summed E-state index contributed by atoms with van der Waals surface area (Å²) in [5.74, 6) is 2.44. The SMILES string of the molecule is CCOC(O[Si](C)(C)C)=C(C1CCC1)C1CCC1. The molecule has 0 atom stereocenters. The molecule has 0 unspecified atom stereocenters. The van der Waals surface area contributed by atoms with Gasteiger partial charge in [0.1, 0.15) is 0 Å². The van der Waals surface area contributed by atoms with Gasteiger partial charge in [-0.05, 0) is 64.1 Å². The molecule has 0 saturated heterocycles. The molecule has 2 rings (SSSR count). The molecule has 2 aliphatic rings. The van der Waals surface area contributed by atoms with Crippen LogP contribution in [0.25, 0.3) is 0 Å². The van der Waals surface area contributed by atoms with Crippen LogP contribution in [0.2, 0.25) is 19.6 Å². The van der Waals surface area contributed by atoms with Crippen molar-refractivity contribution < 1.29 is 9.16 Å². The predicted molar refractivity (Wildman–Crippen MR) is 77.8 cm³/mol. The molecule has 0 radical (unpaired) electrons. The third kappa shape index (κ3) is 3.31. The van der Waals surface area contributed by atoms with Gasteiger partial charge in [-0.1, -0.05) is 12.8 Å². The molecule has 0 amide bonds. The van der Waals surface area contributed by atoms with E-state index in [1.165, 1.54) is 44.1 Å². The molecule has 18 heavy (non-hydrogen) atoms. The molecule has 0 aliphatic heterocycles. The Morgan fingerprint density at radius 3 is 1.78 bits per heavy atom. The van der Waals surface area contributed by atoms with Crippen LogP contribution in [0, 0.1) is 11.8 Å². The minimum Gasteiger partial charge on any atom is -0.520 e. The van der Waals surface area contributed by atoms with E-state index in [1.54, 1.807) is 0 Å². The van der Waals surface area contributed by atoms with Gasteiger partial charge in [0.25, 0.3) is 5.95 Å². The van der Waals surface area contributed by atoms with Crippen LogP contribution in [0.5, 0.6) is 0 Å². The van der Waals surface area contributed by atoms with Crippen LogP contribution in [0.3, 0.4) is 0 Å². The average molecular weight is 268 g/mol. The van der Waals surface area contributed by atoms with Gasteiger partial charge in [-0.3, -0.25) is 0 Å². The lowest BCUT2D eigenvalue weighted by molar-refractivity contribution is 0.0905. The van der Waals surface area contributed by atoms with Crippen molar-refractivity contribution in [3.05, 3.63) is 11.5 Å². The monoisotopic (exact) mass is 268 g/mol. The van der Waals surface area contributed by atoms with E-state index in [1.807, 2.05) is 0 Å². The van der Waals surface area contributed by atoms with Gasteiger partial charge < -0.3 is 9.16 Å².